The van der Waals surface area contributed by atoms with Gasteiger partial charge in [0.25, 0.3) is 5.91 Å². The highest BCUT2D eigenvalue weighted by Crippen LogP contribution is 2.29. The third-order valence-corrected chi connectivity index (χ3v) is 8.50. The zero-order valence-corrected chi connectivity index (χ0v) is 22.8. The van der Waals surface area contributed by atoms with Crippen molar-refractivity contribution in [1.82, 2.24) is 20.2 Å². The fourth-order valence-corrected chi connectivity index (χ4v) is 6.16. The lowest BCUT2D eigenvalue weighted by Gasteiger charge is -2.38. The molecule has 1 amide bonds. The third kappa shape index (κ3) is 6.62. The minimum Gasteiger partial charge on any atom is -0.379 e. The number of piperidine rings is 1. The Morgan fingerprint density at radius 1 is 1.16 bits per heavy atom. The number of ether oxygens (including phenoxy) is 3. The van der Waals surface area contributed by atoms with Crippen LogP contribution >= 0.6 is 0 Å². The van der Waals surface area contributed by atoms with Crippen LogP contribution in [-0.4, -0.2) is 91.1 Å². The van der Waals surface area contributed by atoms with Crippen LogP contribution in [-0.2, 0) is 14.2 Å². The highest BCUT2D eigenvalue weighted by molar-refractivity contribution is 5.94. The van der Waals surface area contributed by atoms with Crippen molar-refractivity contribution in [3.8, 4) is 0 Å². The number of anilines is 1. The maximum absolute atomic E-state index is 13.4. The molecule has 0 radical (unpaired) electrons. The highest BCUT2D eigenvalue weighted by Gasteiger charge is 2.32. The van der Waals surface area contributed by atoms with E-state index in [0.29, 0.717) is 49.9 Å². The summed E-state index contributed by atoms with van der Waals surface area (Å²) in [6.07, 6.45) is 17.9. The molecule has 3 saturated heterocycles. The fourth-order valence-electron chi connectivity index (χ4n) is 6.16. The van der Waals surface area contributed by atoms with Crippen molar-refractivity contribution in [2.75, 3.05) is 45.3 Å². The number of allylic oxidation sites excluding steroid dienone is 3. The summed E-state index contributed by atoms with van der Waals surface area (Å²) in [4.78, 5) is 24.2. The van der Waals surface area contributed by atoms with Gasteiger partial charge in [0.05, 0.1) is 24.9 Å². The maximum Gasteiger partial charge on any atom is 0.272 e. The molecule has 1 aromatic rings. The topological polar surface area (TPSA) is 97.8 Å². The lowest BCUT2D eigenvalue weighted by atomic mass is 9.89. The molecule has 0 aromatic carbocycles. The molecule has 38 heavy (non-hydrogen) atoms. The molecule has 2 N–H and O–H groups in total. The van der Waals surface area contributed by atoms with Gasteiger partial charge in [0, 0.05) is 56.9 Å². The van der Waals surface area contributed by atoms with E-state index in [9.17, 15) is 4.79 Å². The minimum atomic E-state index is -0.0154. The summed E-state index contributed by atoms with van der Waals surface area (Å²) in [7, 11) is 1.74. The Morgan fingerprint density at radius 2 is 2.03 bits per heavy atom. The quantitative estimate of drug-likeness (QED) is 0.534. The monoisotopic (exact) mass is 525 g/mol. The van der Waals surface area contributed by atoms with E-state index in [1.165, 1.54) is 12.7 Å². The lowest BCUT2D eigenvalue weighted by molar-refractivity contribution is -0.0615. The molecule has 208 valence electrons. The number of nitrogens with one attached hydrogen (secondary N) is 2. The summed E-state index contributed by atoms with van der Waals surface area (Å²) in [6.45, 7) is 5.44. The Balaban J connectivity index is 1.12. The zero-order valence-electron chi connectivity index (χ0n) is 22.8. The Hall–Kier alpha value is -2.33. The van der Waals surface area contributed by atoms with Crippen molar-refractivity contribution in [1.29, 1.82) is 0 Å². The number of hydrogen-bond donors (Lipinski definition) is 2. The van der Waals surface area contributed by atoms with Crippen molar-refractivity contribution in [2.24, 2.45) is 5.92 Å². The largest absolute Gasteiger partial charge is 0.379 e. The molecule has 9 nitrogen and oxygen atoms in total. The van der Waals surface area contributed by atoms with Crippen LogP contribution < -0.4 is 10.6 Å². The van der Waals surface area contributed by atoms with Crippen LogP contribution in [0, 0.1) is 12.8 Å². The first-order chi connectivity index (χ1) is 18.6. The van der Waals surface area contributed by atoms with Crippen molar-refractivity contribution in [2.45, 2.75) is 82.3 Å². The number of amides is 1. The molecule has 1 aromatic heterocycles. The molecule has 1 unspecified atom stereocenters. The molecule has 4 heterocycles. The fraction of sp³-hybridized carbons (Fsp3) is 0.690. The van der Waals surface area contributed by atoms with Gasteiger partial charge in [0.2, 0.25) is 0 Å². The van der Waals surface area contributed by atoms with Gasteiger partial charge in [-0.1, -0.05) is 24.3 Å². The average Bonchev–Trinajstić information content (AvgIpc) is 2.97. The Morgan fingerprint density at radius 3 is 2.82 bits per heavy atom. The van der Waals surface area contributed by atoms with Crippen molar-refractivity contribution >= 4 is 11.7 Å². The number of aromatic nitrogens is 2. The molecule has 0 spiro atoms. The molecular weight excluding hydrogens is 482 g/mol. The van der Waals surface area contributed by atoms with Crippen LogP contribution in [0.1, 0.15) is 61.0 Å². The standard InChI is InChI=1S/C29H43N5O4/c1-20-27(29(35)34-14-11-22(12-15-34)33-24-13-16-37-18-26(24)36-2)31-19-32-28(20)30-17-23-9-6-10-25(38-23)21-7-4-3-5-8-21/h3-5,7,19,21-26,33H,6,8-18H2,1-2H3,(H,30,31,32)/t21?,23-,24+,25+,26-/m1/s1. The molecule has 0 saturated carbocycles. The first kappa shape index (κ1) is 27.2. The van der Waals surface area contributed by atoms with E-state index >= 15 is 0 Å². The summed E-state index contributed by atoms with van der Waals surface area (Å²) in [5.41, 5.74) is 1.29. The van der Waals surface area contributed by atoms with Gasteiger partial charge in [0.1, 0.15) is 17.8 Å². The molecule has 1 aliphatic carbocycles. The predicted molar refractivity (Wildman–Crippen MR) is 146 cm³/mol. The van der Waals surface area contributed by atoms with E-state index in [1.54, 1.807) is 7.11 Å². The smallest absolute Gasteiger partial charge is 0.272 e. The zero-order chi connectivity index (χ0) is 26.3. The molecule has 3 aliphatic heterocycles. The van der Waals surface area contributed by atoms with E-state index in [2.05, 4.69) is 44.9 Å². The first-order valence-corrected chi connectivity index (χ1v) is 14.3. The third-order valence-electron chi connectivity index (χ3n) is 8.50. The number of carbonyl (C=O) groups excluding carboxylic acids is 1. The van der Waals surface area contributed by atoms with E-state index in [4.69, 9.17) is 14.2 Å². The number of methoxy groups -OCH3 is 1. The Labute approximate surface area is 226 Å². The van der Waals surface area contributed by atoms with Gasteiger partial charge in [0.15, 0.2) is 0 Å². The summed E-state index contributed by atoms with van der Waals surface area (Å²) in [5.74, 6) is 1.17. The lowest BCUT2D eigenvalue weighted by Crippen LogP contribution is -2.54. The summed E-state index contributed by atoms with van der Waals surface area (Å²) >= 11 is 0. The van der Waals surface area contributed by atoms with Crippen molar-refractivity contribution < 1.29 is 19.0 Å². The predicted octanol–water partition coefficient (Wildman–Crippen LogP) is 3.27. The van der Waals surface area contributed by atoms with Crippen LogP contribution in [0.25, 0.3) is 0 Å². The van der Waals surface area contributed by atoms with Crippen LogP contribution in [0.15, 0.2) is 30.6 Å². The number of nitrogens with zero attached hydrogens (tertiary/aromatic N) is 3. The molecule has 5 atom stereocenters. The van der Waals surface area contributed by atoms with E-state index < -0.39 is 0 Å². The number of likely N-dealkylation sites (tertiary alicyclic amines) is 1. The van der Waals surface area contributed by atoms with Crippen molar-refractivity contribution in [3.63, 3.8) is 0 Å². The van der Waals surface area contributed by atoms with Gasteiger partial charge < -0.3 is 29.7 Å². The van der Waals surface area contributed by atoms with Gasteiger partial charge in [-0.15, -0.1) is 0 Å². The summed E-state index contributed by atoms with van der Waals surface area (Å²) in [6, 6.07) is 0.682. The average molecular weight is 526 g/mol. The van der Waals surface area contributed by atoms with Gasteiger partial charge in [-0.25, -0.2) is 9.97 Å². The van der Waals surface area contributed by atoms with Gasteiger partial charge in [-0.3, -0.25) is 4.79 Å². The maximum atomic E-state index is 13.4. The summed E-state index contributed by atoms with van der Waals surface area (Å²) < 4.78 is 17.6. The van der Waals surface area contributed by atoms with E-state index in [0.717, 1.165) is 56.5 Å². The summed E-state index contributed by atoms with van der Waals surface area (Å²) in [5, 5.41) is 7.21. The second-order valence-electron chi connectivity index (χ2n) is 11.0. The van der Waals surface area contributed by atoms with E-state index in [1.807, 2.05) is 11.8 Å². The van der Waals surface area contributed by atoms with Gasteiger partial charge >= 0.3 is 0 Å². The van der Waals surface area contributed by atoms with Crippen LogP contribution in [0.5, 0.6) is 0 Å². The molecular formula is C29H43N5O4. The highest BCUT2D eigenvalue weighted by atomic mass is 16.5. The molecule has 3 fully saturated rings. The Bertz CT molecular complexity index is 993. The number of rotatable bonds is 8. The number of carbonyl (C=O) groups is 1. The van der Waals surface area contributed by atoms with Crippen LogP contribution in [0.4, 0.5) is 5.82 Å². The van der Waals surface area contributed by atoms with Crippen LogP contribution in [0.3, 0.4) is 0 Å². The number of hydrogen-bond acceptors (Lipinski definition) is 8. The minimum absolute atomic E-state index is 0.0154. The SMILES string of the molecule is CO[C@@H]1COCC[C@@H]1NC1CCN(C(=O)c2ncnc(NC[C@H]3CCC[C@@H](C4C=CC=CC4)O3)c2C)CC1. The molecule has 9 heteroatoms. The second kappa shape index (κ2) is 13.2. The molecule has 4 aliphatic rings. The first-order valence-electron chi connectivity index (χ1n) is 14.3. The molecule has 5 rings (SSSR count). The van der Waals surface area contributed by atoms with Gasteiger partial charge in [-0.2, -0.15) is 0 Å². The molecule has 0 bridgehead atoms. The Kier molecular flexibility index (Phi) is 9.43. The van der Waals surface area contributed by atoms with Crippen LogP contribution in [0.2, 0.25) is 0 Å². The van der Waals surface area contributed by atoms with Crippen molar-refractivity contribution in [3.05, 3.63) is 41.9 Å². The normalized spacial score (nSPS) is 30.4. The van der Waals surface area contributed by atoms with Gasteiger partial charge in [-0.05, 0) is 51.9 Å². The van der Waals surface area contributed by atoms with E-state index in [-0.39, 0.29) is 24.2 Å². The second-order valence-corrected chi connectivity index (χ2v) is 11.0.